The molecular formula is C8H4BrNO2S. The topological polar surface area (TPSA) is 50.2 Å². The van der Waals surface area contributed by atoms with E-state index in [0.717, 1.165) is 9.17 Å². The zero-order valence-corrected chi connectivity index (χ0v) is 8.72. The molecule has 5 heteroatoms. The molecule has 0 aliphatic rings. The predicted molar refractivity (Wildman–Crippen MR) is 54.3 cm³/mol. The number of aromatic carboxylic acids is 1. The lowest BCUT2D eigenvalue weighted by atomic mass is 10.3. The fourth-order valence-electron chi connectivity index (χ4n) is 1.09. The van der Waals surface area contributed by atoms with E-state index in [1.807, 2.05) is 6.07 Å². The quantitative estimate of drug-likeness (QED) is 0.855. The lowest BCUT2D eigenvalue weighted by molar-refractivity contribution is 0.0693. The van der Waals surface area contributed by atoms with Crippen LogP contribution in [0, 0.1) is 0 Å². The normalized spacial score (nSPS) is 10.5. The van der Waals surface area contributed by atoms with Crippen molar-refractivity contribution < 1.29 is 9.90 Å². The monoisotopic (exact) mass is 257 g/mol. The molecule has 2 heterocycles. The average Bonchev–Trinajstić information content (AvgIpc) is 2.43. The first-order valence-electron chi connectivity index (χ1n) is 3.46. The number of pyridine rings is 1. The molecule has 0 aliphatic heterocycles. The second-order valence-corrected chi connectivity index (χ2v) is 4.87. The molecule has 0 fully saturated rings. The van der Waals surface area contributed by atoms with Crippen LogP contribution in [0.1, 0.15) is 10.5 Å². The Kier molecular flexibility index (Phi) is 2.05. The van der Waals surface area contributed by atoms with E-state index in [0.29, 0.717) is 4.70 Å². The molecule has 2 rings (SSSR count). The maximum atomic E-state index is 10.8. The Morgan fingerprint density at radius 1 is 1.62 bits per heavy atom. The van der Waals surface area contributed by atoms with Crippen LogP contribution >= 0.6 is 27.3 Å². The van der Waals surface area contributed by atoms with Gasteiger partial charge in [-0.2, -0.15) is 0 Å². The van der Waals surface area contributed by atoms with E-state index in [9.17, 15) is 4.79 Å². The molecule has 0 saturated carbocycles. The van der Waals surface area contributed by atoms with Crippen LogP contribution in [0.25, 0.3) is 10.1 Å². The van der Waals surface area contributed by atoms with Crippen LogP contribution in [0.15, 0.2) is 22.1 Å². The number of rotatable bonds is 1. The van der Waals surface area contributed by atoms with Crippen molar-refractivity contribution in [3.8, 4) is 0 Å². The van der Waals surface area contributed by atoms with E-state index < -0.39 is 5.97 Å². The van der Waals surface area contributed by atoms with Gasteiger partial charge in [-0.1, -0.05) is 0 Å². The van der Waals surface area contributed by atoms with Gasteiger partial charge in [0.25, 0.3) is 0 Å². The molecule has 0 radical (unpaired) electrons. The van der Waals surface area contributed by atoms with E-state index >= 15 is 0 Å². The lowest BCUT2D eigenvalue weighted by Crippen LogP contribution is -1.98. The summed E-state index contributed by atoms with van der Waals surface area (Å²) in [5, 5.41) is 9.73. The van der Waals surface area contributed by atoms with Crippen LogP contribution in [0.4, 0.5) is 0 Å². The van der Waals surface area contributed by atoms with Gasteiger partial charge in [0.05, 0.1) is 8.49 Å². The van der Waals surface area contributed by atoms with Crippen molar-refractivity contribution in [2.75, 3.05) is 0 Å². The van der Waals surface area contributed by atoms with Gasteiger partial charge in [-0.15, -0.1) is 11.3 Å². The molecule has 2 aromatic heterocycles. The summed E-state index contributed by atoms with van der Waals surface area (Å²) in [7, 11) is 0. The summed E-state index contributed by atoms with van der Waals surface area (Å²) >= 11 is 4.69. The zero-order chi connectivity index (χ0) is 9.42. The van der Waals surface area contributed by atoms with Crippen molar-refractivity contribution >= 4 is 43.3 Å². The molecule has 0 aliphatic carbocycles. The van der Waals surface area contributed by atoms with Crippen molar-refractivity contribution in [3.05, 3.63) is 27.8 Å². The number of halogens is 1. The highest BCUT2D eigenvalue weighted by Crippen LogP contribution is 2.31. The third-order valence-corrected chi connectivity index (χ3v) is 3.27. The van der Waals surface area contributed by atoms with Gasteiger partial charge in [0.2, 0.25) is 0 Å². The zero-order valence-electron chi connectivity index (χ0n) is 6.32. The van der Waals surface area contributed by atoms with Crippen molar-refractivity contribution in [3.63, 3.8) is 0 Å². The van der Waals surface area contributed by atoms with Gasteiger partial charge >= 0.3 is 5.97 Å². The SMILES string of the molecule is O=C(O)c1nccc2cc(Br)sc12. The van der Waals surface area contributed by atoms with Gasteiger partial charge in [0, 0.05) is 6.20 Å². The van der Waals surface area contributed by atoms with Gasteiger partial charge < -0.3 is 5.11 Å². The Labute approximate surface area is 86.2 Å². The van der Waals surface area contributed by atoms with Crippen molar-refractivity contribution in [2.45, 2.75) is 0 Å². The average molecular weight is 258 g/mol. The number of thiophene rings is 1. The third-order valence-electron chi connectivity index (χ3n) is 1.61. The minimum absolute atomic E-state index is 0.119. The number of carboxylic acid groups (broad SMARTS) is 1. The van der Waals surface area contributed by atoms with Gasteiger partial charge in [0.15, 0.2) is 5.69 Å². The molecule has 0 atom stereocenters. The molecule has 66 valence electrons. The Hall–Kier alpha value is -0.940. The largest absolute Gasteiger partial charge is 0.476 e. The van der Waals surface area contributed by atoms with E-state index in [4.69, 9.17) is 5.11 Å². The van der Waals surface area contributed by atoms with Gasteiger partial charge in [-0.05, 0) is 33.4 Å². The molecule has 0 spiro atoms. The molecule has 0 bridgehead atoms. The second-order valence-electron chi connectivity index (χ2n) is 2.43. The fraction of sp³-hybridized carbons (Fsp3) is 0. The minimum atomic E-state index is -0.986. The molecule has 0 amide bonds. The maximum absolute atomic E-state index is 10.8. The van der Waals surface area contributed by atoms with Crippen LogP contribution in [-0.4, -0.2) is 16.1 Å². The summed E-state index contributed by atoms with van der Waals surface area (Å²) in [5.74, 6) is -0.986. The van der Waals surface area contributed by atoms with Crippen LogP contribution in [0.5, 0.6) is 0 Å². The summed E-state index contributed by atoms with van der Waals surface area (Å²) in [6.45, 7) is 0. The molecule has 13 heavy (non-hydrogen) atoms. The van der Waals surface area contributed by atoms with Crippen LogP contribution in [0.3, 0.4) is 0 Å². The molecule has 1 N–H and O–H groups in total. The van der Waals surface area contributed by atoms with E-state index in [1.54, 1.807) is 6.07 Å². The summed E-state index contributed by atoms with van der Waals surface area (Å²) in [6, 6.07) is 3.68. The molecule has 0 unspecified atom stereocenters. The molecule has 0 aromatic carbocycles. The molecule has 0 saturated heterocycles. The lowest BCUT2D eigenvalue weighted by Gasteiger charge is -1.93. The van der Waals surface area contributed by atoms with Crippen molar-refractivity contribution in [2.24, 2.45) is 0 Å². The summed E-state index contributed by atoms with van der Waals surface area (Å²) in [4.78, 5) is 14.6. The number of carboxylic acids is 1. The first-order valence-corrected chi connectivity index (χ1v) is 5.07. The highest BCUT2D eigenvalue weighted by Gasteiger charge is 2.11. The Bertz CT molecular complexity index is 480. The van der Waals surface area contributed by atoms with Crippen LogP contribution in [-0.2, 0) is 0 Å². The number of hydrogen-bond donors (Lipinski definition) is 1. The summed E-state index contributed by atoms with van der Waals surface area (Å²) in [5.41, 5.74) is 0.119. The number of carbonyl (C=O) groups is 1. The Morgan fingerprint density at radius 2 is 2.38 bits per heavy atom. The smallest absolute Gasteiger partial charge is 0.355 e. The highest BCUT2D eigenvalue weighted by molar-refractivity contribution is 9.11. The number of nitrogens with zero attached hydrogens (tertiary/aromatic N) is 1. The molecule has 2 aromatic rings. The predicted octanol–water partition coefficient (Wildman–Crippen LogP) is 2.76. The third kappa shape index (κ3) is 1.45. The van der Waals surface area contributed by atoms with Gasteiger partial charge in [-0.3, -0.25) is 0 Å². The molecular weight excluding hydrogens is 254 g/mol. The Morgan fingerprint density at radius 3 is 3.08 bits per heavy atom. The first-order chi connectivity index (χ1) is 6.18. The van der Waals surface area contributed by atoms with Crippen LogP contribution in [0.2, 0.25) is 0 Å². The number of fused-ring (bicyclic) bond motifs is 1. The van der Waals surface area contributed by atoms with Crippen molar-refractivity contribution in [1.82, 2.24) is 4.98 Å². The van der Waals surface area contributed by atoms with Gasteiger partial charge in [-0.25, -0.2) is 9.78 Å². The van der Waals surface area contributed by atoms with E-state index in [-0.39, 0.29) is 5.69 Å². The number of aromatic nitrogens is 1. The Balaban J connectivity index is 2.82. The van der Waals surface area contributed by atoms with Gasteiger partial charge in [0.1, 0.15) is 0 Å². The van der Waals surface area contributed by atoms with E-state index in [1.165, 1.54) is 17.5 Å². The highest BCUT2D eigenvalue weighted by atomic mass is 79.9. The summed E-state index contributed by atoms with van der Waals surface area (Å²) < 4.78 is 1.62. The van der Waals surface area contributed by atoms with E-state index in [2.05, 4.69) is 20.9 Å². The first kappa shape index (κ1) is 8.65. The standard InChI is InChI=1S/C8H4BrNO2S/c9-5-3-4-1-2-10-6(8(11)12)7(4)13-5/h1-3H,(H,11,12). The second kappa shape index (κ2) is 3.08. The minimum Gasteiger partial charge on any atom is -0.476 e. The van der Waals surface area contributed by atoms with Crippen LogP contribution < -0.4 is 0 Å². The van der Waals surface area contributed by atoms with Crippen molar-refractivity contribution in [1.29, 1.82) is 0 Å². The number of hydrogen-bond acceptors (Lipinski definition) is 3. The fourth-order valence-corrected chi connectivity index (χ4v) is 2.68. The maximum Gasteiger partial charge on any atom is 0.355 e. The molecule has 3 nitrogen and oxygen atoms in total. The summed E-state index contributed by atoms with van der Waals surface area (Å²) in [6.07, 6.45) is 1.50.